The first-order valence-corrected chi connectivity index (χ1v) is 5.34. The van der Waals surface area contributed by atoms with Crippen molar-refractivity contribution in [3.8, 4) is 0 Å². The third-order valence-electron chi connectivity index (χ3n) is 1.61. The van der Waals surface area contributed by atoms with Crippen LogP contribution in [0.1, 0.15) is 5.56 Å². The van der Waals surface area contributed by atoms with Gasteiger partial charge in [0.05, 0.1) is 4.90 Å². The molecule has 13 heavy (non-hydrogen) atoms. The van der Waals surface area contributed by atoms with E-state index < -0.39 is 15.7 Å². The van der Waals surface area contributed by atoms with Crippen molar-refractivity contribution >= 4 is 9.84 Å². The van der Waals surface area contributed by atoms with Crippen LogP contribution in [0.2, 0.25) is 0 Å². The molecule has 1 rings (SSSR count). The van der Waals surface area contributed by atoms with Crippen LogP contribution in [0, 0.1) is 13.5 Å². The second-order valence-electron chi connectivity index (χ2n) is 2.72. The van der Waals surface area contributed by atoms with E-state index in [-0.39, 0.29) is 4.90 Å². The number of benzene rings is 1. The molecule has 0 aliphatic heterocycles. The molecule has 4 heteroatoms. The van der Waals surface area contributed by atoms with Crippen LogP contribution in [-0.4, -0.2) is 14.3 Å². The fraction of sp³-hybridized carbons (Fsp3) is 0.222. The number of sulfone groups is 1. The standard InChI is InChI=1S/C9H9NO2S/c1-8-3-5-9(6-4-8)13(11,12)7-10-2/h3-6H,7H2,1H3/i2+1. The van der Waals surface area contributed by atoms with Gasteiger partial charge in [0.2, 0.25) is 0 Å². The van der Waals surface area contributed by atoms with E-state index in [1.807, 2.05) is 6.92 Å². The quantitative estimate of drug-likeness (QED) is 0.533. The van der Waals surface area contributed by atoms with Crippen molar-refractivity contribution in [2.75, 3.05) is 5.88 Å². The SMILES string of the molecule is Cc1ccc(S(=O)(=O)C[N+]#[13C-])cc1. The number of nitrogens with zero attached hydrogens (tertiary/aromatic N) is 1. The molecule has 1 aromatic carbocycles. The minimum absolute atomic E-state index is 0.217. The summed E-state index contributed by atoms with van der Waals surface area (Å²) < 4.78 is 22.7. The summed E-state index contributed by atoms with van der Waals surface area (Å²) >= 11 is 0. The van der Waals surface area contributed by atoms with E-state index in [4.69, 9.17) is 6.57 Å². The molecule has 0 bridgehead atoms. The molecule has 0 N–H and O–H groups in total. The Balaban J connectivity index is 3.11. The second-order valence-corrected chi connectivity index (χ2v) is 4.67. The summed E-state index contributed by atoms with van der Waals surface area (Å²) in [5.74, 6) is -0.476. The Hall–Kier alpha value is -1.34. The van der Waals surface area contributed by atoms with E-state index in [9.17, 15) is 8.42 Å². The van der Waals surface area contributed by atoms with Crippen molar-refractivity contribution in [2.24, 2.45) is 0 Å². The second kappa shape index (κ2) is 3.58. The molecule has 0 aliphatic carbocycles. The average Bonchev–Trinajstić information content (AvgIpc) is 2.05. The van der Waals surface area contributed by atoms with E-state index in [0.29, 0.717) is 0 Å². The maximum Gasteiger partial charge on any atom is 0.316 e. The van der Waals surface area contributed by atoms with E-state index in [1.54, 1.807) is 12.1 Å². The Labute approximate surface area is 77.8 Å². The Morgan fingerprint density at radius 2 is 1.85 bits per heavy atom. The van der Waals surface area contributed by atoms with Gasteiger partial charge >= 0.3 is 5.88 Å². The average molecular weight is 196 g/mol. The van der Waals surface area contributed by atoms with Crippen molar-refractivity contribution in [1.82, 2.24) is 0 Å². The van der Waals surface area contributed by atoms with Gasteiger partial charge in [0.15, 0.2) is 0 Å². The van der Waals surface area contributed by atoms with Crippen molar-refractivity contribution < 1.29 is 8.42 Å². The first kappa shape index (κ1) is 9.75. The van der Waals surface area contributed by atoms with Gasteiger partial charge in [0, 0.05) is 0 Å². The molecule has 0 spiro atoms. The largest absolute Gasteiger partial charge is 0.316 e. The molecule has 0 radical (unpaired) electrons. The van der Waals surface area contributed by atoms with Crippen LogP contribution in [0.4, 0.5) is 0 Å². The molecule has 1 aromatic rings. The summed E-state index contributed by atoms with van der Waals surface area (Å²) in [7, 11) is -3.38. The fourth-order valence-corrected chi connectivity index (χ4v) is 1.77. The van der Waals surface area contributed by atoms with Crippen LogP contribution in [0.3, 0.4) is 0 Å². The number of rotatable bonds is 2. The maximum absolute atomic E-state index is 11.3. The van der Waals surface area contributed by atoms with Gasteiger partial charge in [0.25, 0.3) is 9.84 Å². The summed E-state index contributed by atoms with van der Waals surface area (Å²) in [5.41, 5.74) is 1.00. The lowest BCUT2D eigenvalue weighted by molar-refractivity contribution is 0.599. The van der Waals surface area contributed by atoms with Gasteiger partial charge in [0.1, 0.15) is 0 Å². The Bertz CT molecular complexity index is 426. The van der Waals surface area contributed by atoms with Gasteiger partial charge in [-0.3, -0.25) is 4.85 Å². The van der Waals surface area contributed by atoms with Crippen LogP contribution < -0.4 is 0 Å². The van der Waals surface area contributed by atoms with Gasteiger partial charge in [-0.25, -0.2) is 15.0 Å². The third kappa shape index (κ3) is 2.30. The van der Waals surface area contributed by atoms with Gasteiger partial charge in [-0.05, 0) is 19.1 Å². The van der Waals surface area contributed by atoms with Crippen molar-refractivity contribution in [3.63, 3.8) is 0 Å². The maximum atomic E-state index is 11.3. The predicted octanol–water partition coefficient (Wildman–Crippen LogP) is 1.65. The zero-order chi connectivity index (χ0) is 9.90. The smallest absolute Gasteiger partial charge is 0.299 e. The lowest BCUT2D eigenvalue weighted by Crippen LogP contribution is -2.02. The minimum Gasteiger partial charge on any atom is -0.299 e. The molecule has 0 heterocycles. The summed E-state index contributed by atoms with van der Waals surface area (Å²) in [6, 6.07) is 6.49. The lowest BCUT2D eigenvalue weighted by Gasteiger charge is -1.97. The summed E-state index contributed by atoms with van der Waals surface area (Å²) in [5, 5.41) is 0. The van der Waals surface area contributed by atoms with E-state index in [0.717, 1.165) is 5.56 Å². The highest BCUT2D eigenvalue weighted by Gasteiger charge is 2.16. The third-order valence-corrected chi connectivity index (χ3v) is 3.07. The Kier molecular flexibility index (Phi) is 2.69. The minimum atomic E-state index is -3.38. The number of hydrogen-bond donors (Lipinski definition) is 0. The topological polar surface area (TPSA) is 38.5 Å². The monoisotopic (exact) mass is 196 g/mol. The summed E-state index contributed by atoms with van der Waals surface area (Å²) in [4.78, 5) is 3.08. The molecular formula is C9H9NO2S. The first-order valence-electron chi connectivity index (χ1n) is 3.69. The van der Waals surface area contributed by atoms with Gasteiger partial charge in [-0.1, -0.05) is 17.7 Å². The Morgan fingerprint density at radius 1 is 1.31 bits per heavy atom. The van der Waals surface area contributed by atoms with Crippen molar-refractivity contribution in [2.45, 2.75) is 11.8 Å². The molecule has 0 amide bonds. The summed E-state index contributed by atoms with van der Waals surface area (Å²) in [6.45, 7) is 8.38. The van der Waals surface area contributed by atoms with Crippen molar-refractivity contribution in [3.05, 3.63) is 41.2 Å². The summed E-state index contributed by atoms with van der Waals surface area (Å²) in [6.07, 6.45) is 0. The van der Waals surface area contributed by atoms with Gasteiger partial charge in [-0.15, -0.1) is 0 Å². The lowest BCUT2D eigenvalue weighted by atomic mass is 10.2. The Morgan fingerprint density at radius 3 is 2.31 bits per heavy atom. The molecular weight excluding hydrogens is 187 g/mol. The molecule has 0 aliphatic rings. The molecule has 0 fully saturated rings. The molecule has 0 saturated heterocycles. The van der Waals surface area contributed by atoms with E-state index in [1.165, 1.54) is 12.1 Å². The molecule has 0 unspecified atom stereocenters. The number of aryl methyl sites for hydroxylation is 1. The zero-order valence-corrected chi connectivity index (χ0v) is 8.00. The van der Waals surface area contributed by atoms with E-state index in [2.05, 4.69) is 4.85 Å². The predicted molar refractivity (Wildman–Crippen MR) is 49.8 cm³/mol. The van der Waals surface area contributed by atoms with Crippen LogP contribution in [0.5, 0.6) is 0 Å². The highest BCUT2D eigenvalue weighted by atomic mass is 32.2. The molecule has 0 atom stereocenters. The molecule has 3 nitrogen and oxygen atoms in total. The normalized spacial score (nSPS) is 10.8. The molecule has 68 valence electrons. The number of hydrogen-bond acceptors (Lipinski definition) is 2. The van der Waals surface area contributed by atoms with Crippen molar-refractivity contribution in [1.29, 1.82) is 0 Å². The van der Waals surface area contributed by atoms with Gasteiger partial charge < -0.3 is 0 Å². The fourth-order valence-electron chi connectivity index (χ4n) is 0.905. The molecule has 0 saturated carbocycles. The highest BCUT2D eigenvalue weighted by Crippen LogP contribution is 2.11. The van der Waals surface area contributed by atoms with E-state index >= 15 is 0 Å². The van der Waals surface area contributed by atoms with Gasteiger partial charge in [-0.2, -0.15) is 0 Å². The van der Waals surface area contributed by atoms with Crippen LogP contribution in [0.25, 0.3) is 4.85 Å². The van der Waals surface area contributed by atoms with Crippen LogP contribution >= 0.6 is 0 Å². The molecule has 0 aromatic heterocycles. The highest BCUT2D eigenvalue weighted by molar-refractivity contribution is 7.91. The zero-order valence-electron chi connectivity index (χ0n) is 7.19. The van der Waals surface area contributed by atoms with Crippen LogP contribution in [-0.2, 0) is 9.84 Å². The first-order chi connectivity index (χ1) is 6.06. The van der Waals surface area contributed by atoms with Crippen LogP contribution in [0.15, 0.2) is 29.2 Å².